The van der Waals surface area contributed by atoms with Crippen molar-refractivity contribution in [3.8, 4) is 0 Å². The highest BCUT2D eigenvalue weighted by atomic mass is 35.5. The van der Waals surface area contributed by atoms with E-state index in [1.54, 1.807) is 6.07 Å². The van der Waals surface area contributed by atoms with E-state index in [2.05, 4.69) is 19.9 Å². The summed E-state index contributed by atoms with van der Waals surface area (Å²) in [5.74, 6) is 0.606. The van der Waals surface area contributed by atoms with Crippen molar-refractivity contribution in [3.05, 3.63) is 34.1 Å². The van der Waals surface area contributed by atoms with Crippen LogP contribution in [0.2, 0.25) is 5.02 Å². The van der Waals surface area contributed by atoms with Crippen LogP contribution in [0.5, 0.6) is 0 Å². The van der Waals surface area contributed by atoms with Crippen molar-refractivity contribution in [2.24, 2.45) is 0 Å². The summed E-state index contributed by atoms with van der Waals surface area (Å²) in [5.41, 5.74) is 2.06. The molecule has 0 bridgehead atoms. The van der Waals surface area contributed by atoms with Crippen molar-refractivity contribution < 1.29 is 4.39 Å². The molecule has 0 radical (unpaired) electrons. The molecule has 1 aromatic carbocycles. The maximum atomic E-state index is 13.5. The Hall–Kier alpha value is -0.560. The number of rotatable bonds is 2. The van der Waals surface area contributed by atoms with Crippen LogP contribution in [-0.2, 0) is 0 Å². The number of benzene rings is 1. The zero-order valence-corrected chi connectivity index (χ0v) is 9.24. The van der Waals surface area contributed by atoms with E-state index in [-0.39, 0.29) is 5.82 Å². The third-order valence-electron chi connectivity index (χ3n) is 2.76. The lowest BCUT2D eigenvalue weighted by molar-refractivity contribution is 0.621. The fourth-order valence-corrected chi connectivity index (χ4v) is 1.92. The Morgan fingerprint density at radius 1 is 1.36 bits per heavy atom. The third kappa shape index (κ3) is 1.78. The van der Waals surface area contributed by atoms with Gasteiger partial charge < -0.3 is 0 Å². The second kappa shape index (κ2) is 3.54. The van der Waals surface area contributed by atoms with Gasteiger partial charge in [-0.05, 0) is 41.9 Å². The molecular formula is C12H14ClF. The molecule has 1 aromatic rings. The summed E-state index contributed by atoms with van der Waals surface area (Å²) < 4.78 is 13.5. The molecule has 1 saturated carbocycles. The molecule has 0 amide bonds. The van der Waals surface area contributed by atoms with Gasteiger partial charge >= 0.3 is 0 Å². The monoisotopic (exact) mass is 212 g/mol. The molecule has 0 saturated heterocycles. The summed E-state index contributed by atoms with van der Waals surface area (Å²) in [7, 11) is 0. The van der Waals surface area contributed by atoms with Crippen LogP contribution in [0.15, 0.2) is 12.1 Å². The highest BCUT2D eigenvalue weighted by Crippen LogP contribution is 2.44. The summed E-state index contributed by atoms with van der Waals surface area (Å²) in [4.78, 5) is 0. The summed E-state index contributed by atoms with van der Waals surface area (Å²) >= 11 is 5.93. The Kier molecular flexibility index (Phi) is 2.52. The maximum Gasteiger partial charge on any atom is 0.142 e. The highest BCUT2D eigenvalue weighted by molar-refractivity contribution is 6.31. The van der Waals surface area contributed by atoms with Crippen LogP contribution >= 0.6 is 11.6 Å². The van der Waals surface area contributed by atoms with Gasteiger partial charge in [0, 0.05) is 0 Å². The van der Waals surface area contributed by atoms with Gasteiger partial charge in [-0.25, -0.2) is 4.39 Å². The van der Waals surface area contributed by atoms with Gasteiger partial charge in [-0.15, -0.1) is 0 Å². The molecule has 0 spiro atoms. The first-order chi connectivity index (χ1) is 6.59. The Morgan fingerprint density at radius 3 is 2.50 bits per heavy atom. The molecular weight excluding hydrogens is 199 g/mol. The average molecular weight is 213 g/mol. The third-order valence-corrected chi connectivity index (χ3v) is 3.16. The molecule has 2 heteroatoms. The second-order valence-corrected chi connectivity index (χ2v) is 4.71. The molecule has 2 rings (SSSR count). The smallest absolute Gasteiger partial charge is 0.142 e. The van der Waals surface area contributed by atoms with Gasteiger partial charge in [0.05, 0.1) is 5.02 Å². The van der Waals surface area contributed by atoms with Crippen LogP contribution in [0, 0.1) is 5.82 Å². The summed E-state index contributed by atoms with van der Waals surface area (Å²) in [5, 5.41) is 0.330. The minimum Gasteiger partial charge on any atom is -0.205 e. The molecule has 0 unspecified atom stereocenters. The van der Waals surface area contributed by atoms with Crippen molar-refractivity contribution in [1.29, 1.82) is 0 Å². The largest absolute Gasteiger partial charge is 0.205 e. The number of hydrogen-bond donors (Lipinski definition) is 0. The van der Waals surface area contributed by atoms with Crippen LogP contribution in [0.4, 0.5) is 4.39 Å². The fraction of sp³-hybridized carbons (Fsp3) is 0.500. The Balaban J connectivity index is 2.46. The highest BCUT2D eigenvalue weighted by Gasteiger charge is 2.27. The summed E-state index contributed by atoms with van der Waals surface area (Å²) in [6, 6.07) is 3.62. The molecule has 1 aliphatic carbocycles. The van der Waals surface area contributed by atoms with E-state index in [0.717, 1.165) is 24.0 Å². The maximum absolute atomic E-state index is 13.5. The molecule has 1 fully saturated rings. The zero-order valence-electron chi connectivity index (χ0n) is 8.48. The summed E-state index contributed by atoms with van der Waals surface area (Å²) in [6.45, 7) is 4.14. The minimum atomic E-state index is -0.264. The Labute approximate surface area is 89.1 Å². The normalized spacial score (nSPS) is 16.4. The fourth-order valence-electron chi connectivity index (χ4n) is 1.66. The summed E-state index contributed by atoms with van der Waals surface area (Å²) in [6.07, 6.45) is 2.31. The first-order valence-electron chi connectivity index (χ1n) is 5.08. The Bertz CT molecular complexity index is 354. The van der Waals surface area contributed by atoms with Gasteiger partial charge in [0.2, 0.25) is 0 Å². The molecule has 0 aliphatic heterocycles. The lowest BCUT2D eigenvalue weighted by atomic mass is 9.99. The molecule has 0 nitrogen and oxygen atoms in total. The van der Waals surface area contributed by atoms with Crippen LogP contribution in [0.1, 0.15) is 49.7 Å². The molecule has 14 heavy (non-hydrogen) atoms. The van der Waals surface area contributed by atoms with E-state index in [1.807, 2.05) is 0 Å². The number of halogens is 2. The quantitative estimate of drug-likeness (QED) is 0.678. The van der Waals surface area contributed by atoms with Gasteiger partial charge in [-0.1, -0.05) is 31.5 Å². The van der Waals surface area contributed by atoms with E-state index in [0.29, 0.717) is 16.9 Å². The van der Waals surface area contributed by atoms with Gasteiger partial charge in [0.15, 0.2) is 0 Å². The van der Waals surface area contributed by atoms with Crippen LogP contribution in [0.3, 0.4) is 0 Å². The zero-order chi connectivity index (χ0) is 10.3. The number of hydrogen-bond acceptors (Lipinski definition) is 0. The lowest BCUT2D eigenvalue weighted by Crippen LogP contribution is -1.94. The van der Waals surface area contributed by atoms with E-state index in [4.69, 9.17) is 11.6 Å². The van der Waals surface area contributed by atoms with Gasteiger partial charge in [-0.3, -0.25) is 0 Å². The second-order valence-electron chi connectivity index (χ2n) is 4.33. The van der Waals surface area contributed by atoms with Crippen LogP contribution < -0.4 is 0 Å². The van der Waals surface area contributed by atoms with Crippen molar-refractivity contribution in [1.82, 2.24) is 0 Å². The van der Waals surface area contributed by atoms with E-state index < -0.39 is 0 Å². The first kappa shape index (κ1) is 9.97. The van der Waals surface area contributed by atoms with Crippen molar-refractivity contribution in [2.45, 2.75) is 38.5 Å². The van der Waals surface area contributed by atoms with E-state index >= 15 is 0 Å². The standard InChI is InChI=1S/C12H14ClF/c1-7(2)9-5-10(8-3-4-8)12(13)11(14)6-9/h5-8H,3-4H2,1-2H3. The van der Waals surface area contributed by atoms with E-state index in [1.165, 1.54) is 0 Å². The average Bonchev–Trinajstić information content (AvgIpc) is 2.92. The van der Waals surface area contributed by atoms with Crippen molar-refractivity contribution in [3.63, 3.8) is 0 Å². The predicted molar refractivity (Wildman–Crippen MR) is 57.5 cm³/mol. The topological polar surface area (TPSA) is 0 Å². The van der Waals surface area contributed by atoms with Gasteiger partial charge in [-0.2, -0.15) is 0 Å². The molecule has 0 aromatic heterocycles. The molecule has 0 N–H and O–H groups in total. The van der Waals surface area contributed by atoms with Crippen LogP contribution in [0.25, 0.3) is 0 Å². The lowest BCUT2D eigenvalue weighted by Gasteiger charge is -2.10. The van der Waals surface area contributed by atoms with Crippen molar-refractivity contribution >= 4 is 11.6 Å². The van der Waals surface area contributed by atoms with E-state index in [9.17, 15) is 4.39 Å². The molecule has 0 atom stereocenters. The molecule has 0 heterocycles. The predicted octanol–water partition coefficient (Wildman–Crippen LogP) is 4.48. The van der Waals surface area contributed by atoms with Gasteiger partial charge in [0.25, 0.3) is 0 Å². The Morgan fingerprint density at radius 2 is 2.00 bits per heavy atom. The minimum absolute atomic E-state index is 0.264. The molecule has 76 valence electrons. The van der Waals surface area contributed by atoms with Crippen molar-refractivity contribution in [2.75, 3.05) is 0 Å². The van der Waals surface area contributed by atoms with Crippen LogP contribution in [-0.4, -0.2) is 0 Å². The first-order valence-corrected chi connectivity index (χ1v) is 5.46. The molecule has 1 aliphatic rings. The SMILES string of the molecule is CC(C)c1cc(F)c(Cl)c(C2CC2)c1. The van der Waals surface area contributed by atoms with Gasteiger partial charge in [0.1, 0.15) is 5.82 Å².